The van der Waals surface area contributed by atoms with Crippen molar-refractivity contribution in [3.8, 4) is 0 Å². The summed E-state index contributed by atoms with van der Waals surface area (Å²) in [6.07, 6.45) is 9.48. The molecular formula is C12H22N4. The number of aromatic amines is 1. The molecule has 0 bridgehead atoms. The molecule has 90 valence electrons. The molecule has 1 heterocycles. The largest absolute Gasteiger partial charge is 0.308 e. The van der Waals surface area contributed by atoms with E-state index in [0.717, 1.165) is 25.2 Å². The van der Waals surface area contributed by atoms with Crippen LogP contribution in [0.15, 0.2) is 19.0 Å². The second-order valence-corrected chi connectivity index (χ2v) is 3.91. The van der Waals surface area contributed by atoms with Gasteiger partial charge in [-0.15, -0.1) is 6.58 Å². The summed E-state index contributed by atoms with van der Waals surface area (Å²) >= 11 is 0. The molecule has 0 aliphatic carbocycles. The molecule has 0 radical (unpaired) electrons. The van der Waals surface area contributed by atoms with E-state index in [-0.39, 0.29) is 0 Å². The minimum atomic E-state index is 0.316. The Kier molecular flexibility index (Phi) is 6.49. The van der Waals surface area contributed by atoms with Gasteiger partial charge in [0, 0.05) is 0 Å². The maximum Gasteiger partial charge on any atom is 0.141 e. The fourth-order valence-electron chi connectivity index (χ4n) is 1.78. The van der Waals surface area contributed by atoms with E-state index in [9.17, 15) is 0 Å². The third-order valence-corrected chi connectivity index (χ3v) is 2.62. The van der Waals surface area contributed by atoms with Gasteiger partial charge in [0.25, 0.3) is 0 Å². The van der Waals surface area contributed by atoms with Gasteiger partial charge in [0.1, 0.15) is 12.2 Å². The lowest BCUT2D eigenvalue weighted by Crippen LogP contribution is -2.22. The second-order valence-electron chi connectivity index (χ2n) is 3.91. The van der Waals surface area contributed by atoms with Crippen molar-refractivity contribution in [3.63, 3.8) is 0 Å². The maximum absolute atomic E-state index is 4.20. The van der Waals surface area contributed by atoms with Crippen molar-refractivity contribution in [2.24, 2.45) is 0 Å². The number of nitrogens with zero attached hydrogens (tertiary/aromatic N) is 2. The molecule has 0 fully saturated rings. The smallest absolute Gasteiger partial charge is 0.141 e. The van der Waals surface area contributed by atoms with Gasteiger partial charge in [-0.3, -0.25) is 5.10 Å². The predicted molar refractivity (Wildman–Crippen MR) is 66.1 cm³/mol. The minimum Gasteiger partial charge on any atom is -0.308 e. The van der Waals surface area contributed by atoms with E-state index in [4.69, 9.17) is 0 Å². The topological polar surface area (TPSA) is 53.6 Å². The Morgan fingerprint density at radius 3 is 3.00 bits per heavy atom. The van der Waals surface area contributed by atoms with E-state index in [0.29, 0.717) is 6.04 Å². The van der Waals surface area contributed by atoms with E-state index < -0.39 is 0 Å². The highest BCUT2D eigenvalue weighted by Gasteiger charge is 2.11. The molecule has 1 atom stereocenters. The van der Waals surface area contributed by atoms with Crippen molar-refractivity contribution < 1.29 is 0 Å². The summed E-state index contributed by atoms with van der Waals surface area (Å²) in [5.41, 5.74) is 0. The summed E-state index contributed by atoms with van der Waals surface area (Å²) in [7, 11) is 0. The van der Waals surface area contributed by atoms with Gasteiger partial charge >= 0.3 is 0 Å². The first-order valence-electron chi connectivity index (χ1n) is 6.08. The Morgan fingerprint density at radius 2 is 2.38 bits per heavy atom. The van der Waals surface area contributed by atoms with E-state index in [2.05, 4.69) is 34.0 Å². The van der Waals surface area contributed by atoms with Gasteiger partial charge < -0.3 is 5.32 Å². The summed E-state index contributed by atoms with van der Waals surface area (Å²) in [4.78, 5) is 4.20. The van der Waals surface area contributed by atoms with Crippen molar-refractivity contribution >= 4 is 0 Å². The van der Waals surface area contributed by atoms with Crippen molar-refractivity contribution in [3.05, 3.63) is 24.8 Å². The second kappa shape index (κ2) is 8.05. The molecule has 1 rings (SSSR count). The predicted octanol–water partition coefficient (Wildman–Crippen LogP) is 2.59. The Hall–Kier alpha value is -1.16. The molecule has 16 heavy (non-hydrogen) atoms. The third-order valence-electron chi connectivity index (χ3n) is 2.62. The number of unbranched alkanes of at least 4 members (excludes halogenated alkanes) is 3. The van der Waals surface area contributed by atoms with Crippen LogP contribution in [0.5, 0.6) is 0 Å². The molecule has 4 nitrogen and oxygen atoms in total. The summed E-state index contributed by atoms with van der Waals surface area (Å²) in [6.45, 7) is 6.80. The lowest BCUT2D eigenvalue weighted by Gasteiger charge is -2.14. The molecule has 1 aromatic heterocycles. The van der Waals surface area contributed by atoms with E-state index >= 15 is 0 Å². The van der Waals surface area contributed by atoms with Gasteiger partial charge in [0.05, 0.1) is 6.04 Å². The van der Waals surface area contributed by atoms with Crippen molar-refractivity contribution in [1.29, 1.82) is 0 Å². The van der Waals surface area contributed by atoms with Crippen LogP contribution in [0.1, 0.15) is 50.9 Å². The number of hydrogen-bond donors (Lipinski definition) is 2. The van der Waals surface area contributed by atoms with Crippen molar-refractivity contribution in [1.82, 2.24) is 20.5 Å². The van der Waals surface area contributed by atoms with E-state index in [1.807, 2.05) is 6.08 Å². The molecule has 0 saturated heterocycles. The zero-order valence-electron chi connectivity index (χ0n) is 10.1. The van der Waals surface area contributed by atoms with E-state index in [1.165, 1.54) is 19.3 Å². The average molecular weight is 222 g/mol. The molecule has 1 unspecified atom stereocenters. The first-order valence-corrected chi connectivity index (χ1v) is 6.08. The van der Waals surface area contributed by atoms with Gasteiger partial charge in [-0.25, -0.2) is 4.98 Å². The molecule has 1 aromatic rings. The van der Waals surface area contributed by atoms with Crippen LogP contribution >= 0.6 is 0 Å². The van der Waals surface area contributed by atoms with Crippen LogP contribution < -0.4 is 5.32 Å². The maximum atomic E-state index is 4.20. The quantitative estimate of drug-likeness (QED) is 0.499. The SMILES string of the molecule is C=CCCCCCC(NCC)c1ncn[nH]1. The Bertz CT molecular complexity index is 269. The van der Waals surface area contributed by atoms with Gasteiger partial charge in [0.2, 0.25) is 0 Å². The molecule has 0 amide bonds. The van der Waals surface area contributed by atoms with Crippen LogP contribution in [0.4, 0.5) is 0 Å². The van der Waals surface area contributed by atoms with Crippen molar-refractivity contribution in [2.75, 3.05) is 6.54 Å². The van der Waals surface area contributed by atoms with Gasteiger partial charge in [-0.1, -0.05) is 25.8 Å². The molecule has 4 heteroatoms. The average Bonchev–Trinajstić information content (AvgIpc) is 2.81. The lowest BCUT2D eigenvalue weighted by atomic mass is 10.1. The number of rotatable bonds is 9. The number of nitrogens with one attached hydrogen (secondary N) is 2. The van der Waals surface area contributed by atoms with Crippen LogP contribution in [0.25, 0.3) is 0 Å². The number of aromatic nitrogens is 3. The highest BCUT2D eigenvalue weighted by molar-refractivity contribution is 4.90. The molecule has 0 spiro atoms. The van der Waals surface area contributed by atoms with Gasteiger partial charge in [-0.2, -0.15) is 5.10 Å². The van der Waals surface area contributed by atoms with Gasteiger partial charge in [-0.05, 0) is 25.8 Å². The number of hydrogen-bond acceptors (Lipinski definition) is 3. The summed E-state index contributed by atoms with van der Waals surface area (Å²) in [5.74, 6) is 0.950. The zero-order valence-corrected chi connectivity index (χ0v) is 10.1. The molecule has 0 saturated carbocycles. The first-order chi connectivity index (χ1) is 7.88. The summed E-state index contributed by atoms with van der Waals surface area (Å²) < 4.78 is 0. The Balaban J connectivity index is 2.26. The number of allylic oxidation sites excluding steroid dienone is 1. The first kappa shape index (κ1) is 12.9. The zero-order chi connectivity index (χ0) is 11.6. The fourth-order valence-corrected chi connectivity index (χ4v) is 1.78. The highest BCUT2D eigenvalue weighted by Crippen LogP contribution is 2.16. The Labute approximate surface area is 97.6 Å². The number of H-pyrrole nitrogens is 1. The normalized spacial score (nSPS) is 12.6. The minimum absolute atomic E-state index is 0.316. The van der Waals surface area contributed by atoms with Crippen LogP contribution in [-0.2, 0) is 0 Å². The summed E-state index contributed by atoms with van der Waals surface area (Å²) in [5, 5.41) is 10.2. The van der Waals surface area contributed by atoms with Crippen LogP contribution in [-0.4, -0.2) is 21.7 Å². The van der Waals surface area contributed by atoms with Crippen LogP contribution in [0, 0.1) is 0 Å². The fraction of sp³-hybridized carbons (Fsp3) is 0.667. The molecule has 0 aliphatic heterocycles. The molecule has 2 N–H and O–H groups in total. The van der Waals surface area contributed by atoms with Crippen LogP contribution in [0.2, 0.25) is 0 Å². The van der Waals surface area contributed by atoms with Crippen LogP contribution in [0.3, 0.4) is 0 Å². The molecule has 0 aromatic carbocycles. The highest BCUT2D eigenvalue weighted by atomic mass is 15.2. The van der Waals surface area contributed by atoms with Crippen molar-refractivity contribution in [2.45, 2.75) is 45.1 Å². The molecular weight excluding hydrogens is 200 g/mol. The third kappa shape index (κ3) is 4.57. The van der Waals surface area contributed by atoms with Gasteiger partial charge in [0.15, 0.2) is 0 Å². The lowest BCUT2D eigenvalue weighted by molar-refractivity contribution is 0.465. The molecule has 0 aliphatic rings. The monoisotopic (exact) mass is 222 g/mol. The van der Waals surface area contributed by atoms with E-state index in [1.54, 1.807) is 6.33 Å². The Morgan fingerprint density at radius 1 is 1.50 bits per heavy atom. The summed E-state index contributed by atoms with van der Waals surface area (Å²) in [6, 6.07) is 0.316. The standard InChI is InChI=1S/C12H22N4/c1-3-5-6-7-8-9-11(13-4-2)12-14-10-15-16-12/h3,10-11,13H,1,4-9H2,2H3,(H,14,15,16).